The van der Waals surface area contributed by atoms with E-state index in [1.54, 1.807) is 0 Å². The van der Waals surface area contributed by atoms with Crippen LogP contribution in [0.3, 0.4) is 0 Å². The minimum atomic E-state index is -0.0528. The van der Waals surface area contributed by atoms with Crippen molar-refractivity contribution in [2.24, 2.45) is 0 Å². The number of likely N-dealkylation sites (tertiary alicyclic amines) is 1. The molecule has 0 aromatic heterocycles. The molecule has 3 nitrogen and oxygen atoms in total. The second-order valence-electron chi connectivity index (χ2n) is 3.40. The van der Waals surface area contributed by atoms with Crippen LogP contribution in [0.4, 0.5) is 0 Å². The molecule has 1 fully saturated rings. The van der Waals surface area contributed by atoms with E-state index in [0.717, 1.165) is 39.0 Å². The number of halogens is 1. The van der Waals surface area contributed by atoms with Crippen molar-refractivity contribution >= 4 is 16.1 Å². The van der Waals surface area contributed by atoms with Crippen LogP contribution in [0.15, 0.2) is 0 Å². The van der Waals surface area contributed by atoms with Gasteiger partial charge in [0.1, 0.15) is 0 Å². The normalized spacial score (nSPS) is 22.0. The Morgan fingerprint density at radius 1 is 1.50 bits per heavy atom. The topological polar surface area (TPSA) is 26.7 Å². The van der Waals surface area contributed by atoms with E-state index in [1.165, 1.54) is 0 Å². The van der Waals surface area contributed by atoms with Gasteiger partial charge in [-0.2, -0.15) is 0 Å². The number of likely N-dealkylation sites (N-methyl/N-ethyl adjacent to an activating group) is 1. The Balaban J connectivity index is 2.09. The van der Waals surface area contributed by atoms with Gasteiger partial charge < -0.3 is 10.0 Å². The van der Waals surface area contributed by atoms with Crippen LogP contribution in [0.5, 0.6) is 0 Å². The van der Waals surface area contributed by atoms with Crippen LogP contribution in [0, 0.1) is 0 Å². The number of piperidine rings is 1. The summed E-state index contributed by atoms with van der Waals surface area (Å²) < 4.78 is 2.01. The molecule has 0 radical (unpaired) electrons. The lowest BCUT2D eigenvalue weighted by molar-refractivity contribution is 0.0817. The van der Waals surface area contributed by atoms with Gasteiger partial charge >= 0.3 is 0 Å². The molecule has 0 amide bonds. The van der Waals surface area contributed by atoms with Crippen molar-refractivity contribution in [3.63, 3.8) is 0 Å². The summed E-state index contributed by atoms with van der Waals surface area (Å²) in [4.78, 5) is 2.39. The highest BCUT2D eigenvalue weighted by atomic mass is 79.9. The molecule has 4 heteroatoms. The Morgan fingerprint density at radius 2 is 2.08 bits per heavy atom. The predicted molar refractivity (Wildman–Crippen MR) is 53.2 cm³/mol. The smallest absolute Gasteiger partial charge is 0.0564 e. The van der Waals surface area contributed by atoms with Gasteiger partial charge in [0.25, 0.3) is 0 Å². The molecule has 0 aliphatic carbocycles. The van der Waals surface area contributed by atoms with Gasteiger partial charge in [0.2, 0.25) is 0 Å². The van der Waals surface area contributed by atoms with E-state index in [1.807, 2.05) is 11.0 Å². The van der Waals surface area contributed by atoms with Crippen LogP contribution < -0.4 is 0 Å². The van der Waals surface area contributed by atoms with Crippen molar-refractivity contribution in [2.75, 3.05) is 33.2 Å². The minimum Gasteiger partial charge on any atom is -0.393 e. The quantitative estimate of drug-likeness (QED) is 0.731. The zero-order chi connectivity index (χ0) is 8.97. The van der Waals surface area contributed by atoms with Crippen LogP contribution in [-0.4, -0.2) is 53.3 Å². The third-order valence-corrected chi connectivity index (χ3v) is 2.64. The maximum Gasteiger partial charge on any atom is 0.0564 e. The molecule has 0 unspecified atom stereocenters. The number of aliphatic hydroxyl groups excluding tert-OH is 1. The molecule has 72 valence electrons. The van der Waals surface area contributed by atoms with Gasteiger partial charge in [-0.25, -0.2) is 3.93 Å². The van der Waals surface area contributed by atoms with E-state index in [4.69, 9.17) is 0 Å². The average Bonchev–Trinajstić information content (AvgIpc) is 2.03. The Morgan fingerprint density at radius 3 is 2.58 bits per heavy atom. The Bertz CT molecular complexity index is 124. The van der Waals surface area contributed by atoms with E-state index < -0.39 is 0 Å². The van der Waals surface area contributed by atoms with E-state index in [2.05, 4.69) is 21.0 Å². The van der Waals surface area contributed by atoms with Gasteiger partial charge in [0, 0.05) is 42.3 Å². The molecule has 0 aromatic carbocycles. The minimum absolute atomic E-state index is 0.0528. The van der Waals surface area contributed by atoms with Crippen molar-refractivity contribution in [1.29, 1.82) is 0 Å². The number of hydrogen-bond acceptors (Lipinski definition) is 3. The van der Waals surface area contributed by atoms with E-state index in [-0.39, 0.29) is 6.10 Å². The molecule has 1 heterocycles. The SMILES string of the molecule is CN(Br)CCN1CCC(O)CC1. The van der Waals surface area contributed by atoms with Gasteiger partial charge in [-0.15, -0.1) is 0 Å². The van der Waals surface area contributed by atoms with Crippen molar-refractivity contribution in [2.45, 2.75) is 18.9 Å². The molecule has 1 aliphatic rings. The third kappa shape index (κ3) is 3.85. The lowest BCUT2D eigenvalue weighted by atomic mass is 10.1. The van der Waals surface area contributed by atoms with Gasteiger partial charge in [-0.1, -0.05) is 0 Å². The molecular formula is C8H17BrN2O. The Kier molecular flexibility index (Phi) is 4.50. The lowest BCUT2D eigenvalue weighted by Crippen LogP contribution is -2.38. The fraction of sp³-hybridized carbons (Fsp3) is 1.00. The first-order chi connectivity index (χ1) is 5.68. The number of rotatable bonds is 3. The van der Waals surface area contributed by atoms with E-state index >= 15 is 0 Å². The van der Waals surface area contributed by atoms with Crippen LogP contribution in [-0.2, 0) is 0 Å². The zero-order valence-electron chi connectivity index (χ0n) is 7.54. The molecule has 1 rings (SSSR count). The summed E-state index contributed by atoms with van der Waals surface area (Å²) in [5.74, 6) is 0. The molecule has 1 saturated heterocycles. The summed E-state index contributed by atoms with van der Waals surface area (Å²) in [5.41, 5.74) is 0. The maximum absolute atomic E-state index is 9.26. The van der Waals surface area contributed by atoms with E-state index in [9.17, 15) is 5.11 Å². The second kappa shape index (κ2) is 5.17. The standard InChI is InChI=1S/C8H17BrN2O/c1-10(9)6-7-11-4-2-8(12)3-5-11/h8,12H,2-7H2,1H3. The van der Waals surface area contributed by atoms with Gasteiger partial charge in [-0.3, -0.25) is 0 Å². The lowest BCUT2D eigenvalue weighted by Gasteiger charge is -2.29. The van der Waals surface area contributed by atoms with Gasteiger partial charge in [0.15, 0.2) is 0 Å². The van der Waals surface area contributed by atoms with Crippen LogP contribution in [0.25, 0.3) is 0 Å². The summed E-state index contributed by atoms with van der Waals surface area (Å²) in [7, 11) is 2.01. The molecule has 0 saturated carbocycles. The number of nitrogens with zero attached hydrogens (tertiary/aromatic N) is 2. The first-order valence-electron chi connectivity index (χ1n) is 4.46. The van der Waals surface area contributed by atoms with E-state index in [0.29, 0.717) is 0 Å². The Hall–Kier alpha value is 0.360. The second-order valence-corrected chi connectivity index (χ2v) is 4.61. The highest BCUT2D eigenvalue weighted by Crippen LogP contribution is 2.09. The zero-order valence-corrected chi connectivity index (χ0v) is 9.13. The summed E-state index contributed by atoms with van der Waals surface area (Å²) in [6, 6.07) is 0. The highest BCUT2D eigenvalue weighted by molar-refractivity contribution is 9.07. The molecule has 1 N–H and O–H groups in total. The van der Waals surface area contributed by atoms with Crippen molar-refractivity contribution < 1.29 is 5.11 Å². The molecule has 0 aromatic rings. The highest BCUT2D eigenvalue weighted by Gasteiger charge is 2.16. The summed E-state index contributed by atoms with van der Waals surface area (Å²) in [6.07, 6.45) is 1.82. The molecular weight excluding hydrogens is 220 g/mol. The van der Waals surface area contributed by atoms with Crippen molar-refractivity contribution in [3.8, 4) is 0 Å². The summed E-state index contributed by atoms with van der Waals surface area (Å²) in [6.45, 7) is 4.22. The van der Waals surface area contributed by atoms with Crippen LogP contribution >= 0.6 is 16.1 Å². The molecule has 1 aliphatic heterocycles. The van der Waals surface area contributed by atoms with Crippen LogP contribution in [0.1, 0.15) is 12.8 Å². The van der Waals surface area contributed by atoms with Gasteiger partial charge in [0.05, 0.1) is 6.10 Å². The van der Waals surface area contributed by atoms with Crippen molar-refractivity contribution in [3.05, 3.63) is 0 Å². The molecule has 0 atom stereocenters. The fourth-order valence-corrected chi connectivity index (χ4v) is 1.58. The fourth-order valence-electron chi connectivity index (χ4n) is 1.42. The predicted octanol–water partition coefficient (Wildman–Crippen LogP) is 0.685. The molecule has 12 heavy (non-hydrogen) atoms. The first kappa shape index (κ1) is 10.4. The van der Waals surface area contributed by atoms with Gasteiger partial charge in [-0.05, 0) is 19.9 Å². The molecule has 0 spiro atoms. The summed E-state index contributed by atoms with van der Waals surface area (Å²) >= 11 is 3.37. The summed E-state index contributed by atoms with van der Waals surface area (Å²) in [5, 5.41) is 9.26. The average molecular weight is 237 g/mol. The number of aliphatic hydroxyl groups is 1. The Labute approximate surface area is 82.7 Å². The number of hydrogen-bond donors (Lipinski definition) is 1. The van der Waals surface area contributed by atoms with Crippen molar-refractivity contribution in [1.82, 2.24) is 8.83 Å². The van der Waals surface area contributed by atoms with Crippen LogP contribution in [0.2, 0.25) is 0 Å². The monoisotopic (exact) mass is 236 g/mol. The molecule has 0 bridgehead atoms. The first-order valence-corrected chi connectivity index (χ1v) is 5.17. The largest absolute Gasteiger partial charge is 0.393 e. The maximum atomic E-state index is 9.26. The third-order valence-electron chi connectivity index (χ3n) is 2.28.